The summed E-state index contributed by atoms with van der Waals surface area (Å²) in [7, 11) is 2.39. The Morgan fingerprint density at radius 2 is 1.90 bits per heavy atom. The summed E-state index contributed by atoms with van der Waals surface area (Å²) in [6.45, 7) is 2.38. The molecule has 0 saturated heterocycles. The number of halogens is 3. The molecule has 0 aliphatic carbocycles. The lowest BCUT2D eigenvalue weighted by molar-refractivity contribution is -0.137. The number of nitrogens with zero attached hydrogens (tertiary/aromatic N) is 3. The summed E-state index contributed by atoms with van der Waals surface area (Å²) in [6, 6.07) is 7.89. The summed E-state index contributed by atoms with van der Waals surface area (Å²) in [6.07, 6.45) is -0.528. The predicted molar refractivity (Wildman–Crippen MR) is 111 cm³/mol. The number of carbonyl (C=O) groups excluding carboxylic acids is 1. The Labute approximate surface area is 178 Å². The average Bonchev–Trinajstić information content (AvgIpc) is 3.21. The van der Waals surface area contributed by atoms with Crippen molar-refractivity contribution in [1.29, 1.82) is 0 Å². The van der Waals surface area contributed by atoms with Crippen molar-refractivity contribution in [3.8, 4) is 11.3 Å². The number of carbonyl (C=O) groups is 1. The van der Waals surface area contributed by atoms with Gasteiger partial charge in [-0.05, 0) is 30.7 Å². The number of alkyl halides is 3. The Bertz CT molecular complexity index is 1000. The summed E-state index contributed by atoms with van der Waals surface area (Å²) < 4.78 is 43.6. The number of anilines is 2. The summed E-state index contributed by atoms with van der Waals surface area (Å²) in [4.78, 5) is 26.0. The maximum atomic E-state index is 12.7. The maximum absolute atomic E-state index is 12.7. The molecule has 11 heteroatoms. The van der Waals surface area contributed by atoms with Crippen LogP contribution in [0.3, 0.4) is 0 Å². The fourth-order valence-corrected chi connectivity index (χ4v) is 2.83. The molecule has 164 valence electrons. The largest absolute Gasteiger partial charge is 0.423 e. The van der Waals surface area contributed by atoms with Crippen LogP contribution in [0.15, 0.2) is 53.2 Å². The molecule has 1 aromatic carbocycles. The van der Waals surface area contributed by atoms with Gasteiger partial charge in [0, 0.05) is 12.1 Å². The van der Waals surface area contributed by atoms with E-state index in [1.807, 2.05) is 6.92 Å². The Hall–Kier alpha value is -2.97. The van der Waals surface area contributed by atoms with Crippen LogP contribution in [0, 0.1) is 0 Å². The Kier molecular flexibility index (Phi) is 7.25. The Morgan fingerprint density at radius 1 is 1.16 bits per heavy atom. The summed E-state index contributed by atoms with van der Waals surface area (Å²) >= 11 is 0. The second-order valence-corrected chi connectivity index (χ2v) is 6.70. The van der Waals surface area contributed by atoms with Crippen molar-refractivity contribution >= 4 is 26.8 Å². The van der Waals surface area contributed by atoms with E-state index < -0.39 is 11.7 Å². The Balaban J connectivity index is 1.67. The number of rotatable bonds is 8. The minimum Gasteiger partial charge on any atom is -0.423 e. The van der Waals surface area contributed by atoms with Crippen molar-refractivity contribution in [2.45, 2.75) is 19.5 Å². The normalized spacial score (nSPS) is 11.4. The molecule has 2 aromatic heterocycles. The standard InChI is InChI=1S/C20H20F3N4O3P/c1-2-9-27(29-12-31)18(28)16-8-7-15(10-24-16)26-19-25-11-17(30-19)13-3-5-14(6-4-13)20(21,22)23/h3-8,10-11H,2,9,12,31H2,1H3,(H,25,26). The molecule has 0 fully saturated rings. The number of pyridine rings is 1. The van der Waals surface area contributed by atoms with Gasteiger partial charge >= 0.3 is 6.18 Å². The number of benzene rings is 1. The summed E-state index contributed by atoms with van der Waals surface area (Å²) in [5.41, 5.74) is 0.454. The lowest BCUT2D eigenvalue weighted by Crippen LogP contribution is -2.32. The van der Waals surface area contributed by atoms with Gasteiger partial charge in [0.15, 0.2) is 5.76 Å². The van der Waals surface area contributed by atoms with Crippen LogP contribution in [0.2, 0.25) is 0 Å². The molecular formula is C20H20F3N4O3P. The van der Waals surface area contributed by atoms with Gasteiger partial charge in [-0.25, -0.2) is 15.0 Å². The zero-order valence-corrected chi connectivity index (χ0v) is 17.7. The number of hydrogen-bond donors (Lipinski definition) is 1. The number of hydrogen-bond acceptors (Lipinski definition) is 6. The molecule has 3 aromatic rings. The van der Waals surface area contributed by atoms with E-state index in [-0.39, 0.29) is 24.0 Å². The third-order valence-corrected chi connectivity index (χ3v) is 4.27. The number of oxazole rings is 1. The van der Waals surface area contributed by atoms with Gasteiger partial charge in [-0.3, -0.25) is 9.63 Å². The molecule has 2 heterocycles. The first-order valence-electron chi connectivity index (χ1n) is 9.33. The van der Waals surface area contributed by atoms with E-state index >= 15 is 0 Å². The molecule has 3 rings (SSSR count). The van der Waals surface area contributed by atoms with E-state index in [0.29, 0.717) is 23.6 Å². The van der Waals surface area contributed by atoms with Crippen molar-refractivity contribution in [3.05, 3.63) is 60.0 Å². The fourth-order valence-electron chi connectivity index (χ4n) is 2.65. The molecule has 31 heavy (non-hydrogen) atoms. The quantitative estimate of drug-likeness (QED) is 0.378. The second kappa shape index (κ2) is 9.89. The summed E-state index contributed by atoms with van der Waals surface area (Å²) in [5.74, 6) is -0.0441. The topological polar surface area (TPSA) is 80.5 Å². The first-order valence-corrected chi connectivity index (χ1v) is 10.1. The Morgan fingerprint density at radius 3 is 2.48 bits per heavy atom. The van der Waals surface area contributed by atoms with Gasteiger partial charge in [0.1, 0.15) is 5.69 Å². The highest BCUT2D eigenvalue weighted by atomic mass is 31.0. The molecule has 1 unspecified atom stereocenters. The number of amides is 1. The zero-order valence-electron chi connectivity index (χ0n) is 16.5. The van der Waals surface area contributed by atoms with Gasteiger partial charge in [0.05, 0.1) is 30.0 Å². The van der Waals surface area contributed by atoms with Gasteiger partial charge in [-0.15, -0.1) is 9.24 Å². The van der Waals surface area contributed by atoms with Gasteiger partial charge in [0.25, 0.3) is 11.9 Å². The molecule has 1 amide bonds. The van der Waals surface area contributed by atoms with E-state index in [4.69, 9.17) is 9.25 Å². The lowest BCUT2D eigenvalue weighted by Gasteiger charge is -2.19. The molecule has 0 bridgehead atoms. The predicted octanol–water partition coefficient (Wildman–Crippen LogP) is 5.12. The van der Waals surface area contributed by atoms with Crippen LogP contribution in [0.25, 0.3) is 11.3 Å². The van der Waals surface area contributed by atoms with Crippen LogP contribution in [-0.2, 0) is 11.0 Å². The minimum atomic E-state index is -4.40. The van der Waals surface area contributed by atoms with Crippen LogP contribution >= 0.6 is 9.24 Å². The van der Waals surface area contributed by atoms with Crippen molar-refractivity contribution in [1.82, 2.24) is 15.0 Å². The molecular weight excluding hydrogens is 432 g/mol. The van der Waals surface area contributed by atoms with Crippen LogP contribution in [0.1, 0.15) is 29.4 Å². The third kappa shape index (κ3) is 5.80. The van der Waals surface area contributed by atoms with Crippen LogP contribution in [-0.4, -0.2) is 33.8 Å². The molecule has 1 N–H and O–H groups in total. The second-order valence-electron chi connectivity index (χ2n) is 6.36. The number of aromatic nitrogens is 2. The third-order valence-electron chi connectivity index (χ3n) is 4.12. The van der Waals surface area contributed by atoms with E-state index in [1.165, 1.54) is 29.6 Å². The van der Waals surface area contributed by atoms with Crippen LogP contribution < -0.4 is 5.32 Å². The lowest BCUT2D eigenvalue weighted by atomic mass is 10.1. The average molecular weight is 452 g/mol. The molecule has 0 aliphatic heterocycles. The first-order chi connectivity index (χ1) is 14.8. The molecule has 0 aliphatic rings. The number of hydroxylamine groups is 2. The smallest absolute Gasteiger partial charge is 0.416 e. The summed E-state index contributed by atoms with van der Waals surface area (Å²) in [5, 5.41) is 4.15. The van der Waals surface area contributed by atoms with Crippen molar-refractivity contribution in [2.24, 2.45) is 0 Å². The highest BCUT2D eigenvalue weighted by Gasteiger charge is 2.30. The van der Waals surface area contributed by atoms with Crippen LogP contribution in [0.5, 0.6) is 0 Å². The SMILES string of the molecule is CCCN(OCP)C(=O)c1ccc(Nc2ncc(-c3ccc(C(F)(F)F)cc3)o2)cn1. The van der Waals surface area contributed by atoms with E-state index in [9.17, 15) is 18.0 Å². The van der Waals surface area contributed by atoms with Crippen molar-refractivity contribution in [2.75, 3.05) is 18.2 Å². The van der Waals surface area contributed by atoms with Gasteiger partial charge < -0.3 is 9.73 Å². The van der Waals surface area contributed by atoms with E-state index in [0.717, 1.165) is 18.6 Å². The maximum Gasteiger partial charge on any atom is 0.416 e. The molecule has 0 spiro atoms. The first kappa shape index (κ1) is 22.7. The van der Waals surface area contributed by atoms with Gasteiger partial charge in [0.2, 0.25) is 0 Å². The zero-order chi connectivity index (χ0) is 22.4. The van der Waals surface area contributed by atoms with E-state index in [1.54, 1.807) is 12.1 Å². The highest BCUT2D eigenvalue weighted by Crippen LogP contribution is 2.31. The molecule has 7 nitrogen and oxygen atoms in total. The van der Waals surface area contributed by atoms with Gasteiger partial charge in [-0.1, -0.05) is 19.1 Å². The number of nitrogens with one attached hydrogen (secondary N) is 1. The monoisotopic (exact) mass is 452 g/mol. The fraction of sp³-hybridized carbons (Fsp3) is 0.250. The highest BCUT2D eigenvalue weighted by molar-refractivity contribution is 7.16. The van der Waals surface area contributed by atoms with Crippen LogP contribution in [0.4, 0.5) is 24.9 Å². The molecule has 1 atom stereocenters. The van der Waals surface area contributed by atoms with Crippen molar-refractivity contribution in [3.63, 3.8) is 0 Å². The van der Waals surface area contributed by atoms with Crippen molar-refractivity contribution < 1.29 is 27.2 Å². The molecule has 0 saturated carbocycles. The van der Waals surface area contributed by atoms with E-state index in [2.05, 4.69) is 24.5 Å². The minimum absolute atomic E-state index is 0.134. The van der Waals surface area contributed by atoms with Gasteiger partial charge in [-0.2, -0.15) is 13.2 Å². The molecule has 0 radical (unpaired) electrons.